The highest BCUT2D eigenvalue weighted by Gasteiger charge is 2.19. The predicted octanol–water partition coefficient (Wildman–Crippen LogP) is 2.56. The topological polar surface area (TPSA) is 64.4 Å². The molecule has 1 amide bonds. The predicted molar refractivity (Wildman–Crippen MR) is 78.0 cm³/mol. The van der Waals surface area contributed by atoms with Crippen LogP contribution < -0.4 is 5.32 Å². The van der Waals surface area contributed by atoms with Crippen molar-refractivity contribution in [3.05, 3.63) is 41.7 Å². The first kappa shape index (κ1) is 13.8. The van der Waals surface area contributed by atoms with Gasteiger partial charge in [-0.25, -0.2) is 0 Å². The Morgan fingerprint density at radius 3 is 2.90 bits per heavy atom. The Labute approximate surface area is 123 Å². The lowest BCUT2D eigenvalue weighted by Crippen LogP contribution is -2.31. The van der Waals surface area contributed by atoms with Crippen molar-refractivity contribution in [2.45, 2.75) is 25.9 Å². The molecular formula is C16H18N2O3. The summed E-state index contributed by atoms with van der Waals surface area (Å²) in [5.41, 5.74) is 2.77. The minimum atomic E-state index is -0.253. The fourth-order valence-electron chi connectivity index (χ4n) is 2.34. The van der Waals surface area contributed by atoms with E-state index in [1.165, 1.54) is 5.56 Å². The molecule has 1 aliphatic rings. The highest BCUT2D eigenvalue weighted by Crippen LogP contribution is 2.19. The van der Waals surface area contributed by atoms with Crippen molar-refractivity contribution in [2.75, 3.05) is 13.2 Å². The fraction of sp³-hybridized carbons (Fsp3) is 0.375. The number of nitrogens with one attached hydrogen (secondary N) is 1. The molecule has 0 radical (unpaired) electrons. The molecule has 5 heteroatoms. The van der Waals surface area contributed by atoms with Gasteiger partial charge in [-0.2, -0.15) is 0 Å². The average Bonchev–Trinajstić information content (AvgIpc) is 3.17. The van der Waals surface area contributed by atoms with Gasteiger partial charge in [-0.3, -0.25) is 4.79 Å². The molecule has 3 rings (SSSR count). The summed E-state index contributed by atoms with van der Waals surface area (Å²) in [5, 5.41) is 6.77. The van der Waals surface area contributed by atoms with E-state index in [9.17, 15) is 4.79 Å². The molecule has 1 aromatic heterocycles. The first-order valence-corrected chi connectivity index (χ1v) is 7.16. The van der Waals surface area contributed by atoms with Gasteiger partial charge in [0.25, 0.3) is 5.91 Å². The highest BCUT2D eigenvalue weighted by molar-refractivity contribution is 5.92. The summed E-state index contributed by atoms with van der Waals surface area (Å²) in [5.74, 6) is -0.0278. The van der Waals surface area contributed by atoms with Crippen LogP contribution in [0.25, 0.3) is 11.3 Å². The number of rotatable bonds is 4. The Bertz CT molecular complexity index is 613. The number of aromatic nitrogens is 1. The summed E-state index contributed by atoms with van der Waals surface area (Å²) in [6, 6.07) is 9.58. The van der Waals surface area contributed by atoms with Gasteiger partial charge in [-0.1, -0.05) is 35.0 Å². The summed E-state index contributed by atoms with van der Waals surface area (Å²) in [6.45, 7) is 3.32. The van der Waals surface area contributed by atoms with Gasteiger partial charge in [0, 0.05) is 24.8 Å². The van der Waals surface area contributed by atoms with Crippen LogP contribution in [0.4, 0.5) is 0 Å². The zero-order valence-corrected chi connectivity index (χ0v) is 12.0. The summed E-state index contributed by atoms with van der Waals surface area (Å²) < 4.78 is 10.6. The second-order valence-corrected chi connectivity index (χ2v) is 5.29. The van der Waals surface area contributed by atoms with E-state index in [1.54, 1.807) is 6.07 Å². The van der Waals surface area contributed by atoms with Crippen LogP contribution in [-0.4, -0.2) is 30.3 Å². The number of carbonyl (C=O) groups is 1. The van der Waals surface area contributed by atoms with Gasteiger partial charge in [0.1, 0.15) is 5.69 Å². The Hall–Kier alpha value is -2.14. The molecule has 0 spiro atoms. The summed E-state index contributed by atoms with van der Waals surface area (Å²) in [6.07, 6.45) is 2.17. The van der Waals surface area contributed by atoms with Crippen molar-refractivity contribution in [3.8, 4) is 11.3 Å². The van der Waals surface area contributed by atoms with Crippen LogP contribution in [0.5, 0.6) is 0 Å². The van der Waals surface area contributed by atoms with Crippen molar-refractivity contribution in [1.82, 2.24) is 10.5 Å². The molecule has 0 bridgehead atoms. The smallest absolute Gasteiger partial charge is 0.290 e. The van der Waals surface area contributed by atoms with E-state index in [-0.39, 0.29) is 17.8 Å². The quantitative estimate of drug-likeness (QED) is 0.938. The Morgan fingerprint density at radius 2 is 2.19 bits per heavy atom. The van der Waals surface area contributed by atoms with E-state index < -0.39 is 0 Å². The molecular weight excluding hydrogens is 268 g/mol. The first-order valence-electron chi connectivity index (χ1n) is 7.16. The Morgan fingerprint density at radius 1 is 1.38 bits per heavy atom. The van der Waals surface area contributed by atoms with Gasteiger partial charge in [-0.05, 0) is 19.8 Å². The molecule has 21 heavy (non-hydrogen) atoms. The van der Waals surface area contributed by atoms with Crippen LogP contribution in [0, 0.1) is 6.92 Å². The van der Waals surface area contributed by atoms with Crippen molar-refractivity contribution in [3.63, 3.8) is 0 Å². The van der Waals surface area contributed by atoms with Gasteiger partial charge < -0.3 is 14.6 Å². The van der Waals surface area contributed by atoms with Crippen LogP contribution in [0.15, 0.2) is 34.9 Å². The van der Waals surface area contributed by atoms with Crippen molar-refractivity contribution in [2.24, 2.45) is 0 Å². The van der Waals surface area contributed by atoms with Gasteiger partial charge >= 0.3 is 0 Å². The second-order valence-electron chi connectivity index (χ2n) is 5.29. The number of ether oxygens (including phenoxy) is 1. The van der Waals surface area contributed by atoms with Crippen molar-refractivity contribution in [1.29, 1.82) is 0 Å². The maximum absolute atomic E-state index is 12.0. The third kappa shape index (κ3) is 3.31. The van der Waals surface area contributed by atoms with E-state index >= 15 is 0 Å². The number of benzene rings is 1. The first-order chi connectivity index (χ1) is 10.2. The number of amides is 1. The normalized spacial score (nSPS) is 17.9. The van der Waals surface area contributed by atoms with Gasteiger partial charge in [0.05, 0.1) is 6.10 Å². The third-order valence-electron chi connectivity index (χ3n) is 3.60. The Balaban J connectivity index is 1.63. The molecule has 0 aliphatic carbocycles. The summed E-state index contributed by atoms with van der Waals surface area (Å²) in [7, 11) is 0. The van der Waals surface area contributed by atoms with E-state index in [1.807, 2.05) is 31.2 Å². The summed E-state index contributed by atoms with van der Waals surface area (Å²) >= 11 is 0. The number of carbonyl (C=O) groups excluding carboxylic acids is 1. The number of nitrogens with zero attached hydrogens (tertiary/aromatic N) is 1. The molecule has 1 saturated heterocycles. The lowest BCUT2D eigenvalue weighted by molar-refractivity contribution is 0.0828. The zero-order valence-electron chi connectivity index (χ0n) is 12.0. The maximum Gasteiger partial charge on any atom is 0.290 e. The fourth-order valence-corrected chi connectivity index (χ4v) is 2.34. The molecule has 1 N–H and O–H groups in total. The average molecular weight is 286 g/mol. The van der Waals surface area contributed by atoms with Crippen LogP contribution in [0.2, 0.25) is 0 Å². The SMILES string of the molecule is Cc1ccc(-c2cc(C(=O)NCC3CCCO3)on2)cc1. The minimum absolute atomic E-state index is 0.119. The van der Waals surface area contributed by atoms with Crippen molar-refractivity contribution >= 4 is 5.91 Å². The van der Waals surface area contributed by atoms with E-state index in [4.69, 9.17) is 9.26 Å². The number of hydrogen-bond acceptors (Lipinski definition) is 4. The molecule has 1 aliphatic heterocycles. The number of hydrogen-bond donors (Lipinski definition) is 1. The van der Waals surface area contributed by atoms with Crippen LogP contribution in [-0.2, 0) is 4.74 Å². The molecule has 1 fully saturated rings. The van der Waals surface area contributed by atoms with Crippen molar-refractivity contribution < 1.29 is 14.1 Å². The molecule has 2 aromatic rings. The van der Waals surface area contributed by atoms with E-state index in [2.05, 4.69) is 10.5 Å². The van der Waals surface area contributed by atoms with Crippen LogP contribution >= 0.6 is 0 Å². The Kier molecular flexibility index (Phi) is 4.01. The van der Waals surface area contributed by atoms with Crippen LogP contribution in [0.3, 0.4) is 0 Å². The van der Waals surface area contributed by atoms with Crippen LogP contribution in [0.1, 0.15) is 29.0 Å². The highest BCUT2D eigenvalue weighted by atomic mass is 16.5. The number of aryl methyl sites for hydroxylation is 1. The zero-order chi connectivity index (χ0) is 14.7. The van der Waals surface area contributed by atoms with E-state index in [0.29, 0.717) is 12.2 Å². The third-order valence-corrected chi connectivity index (χ3v) is 3.60. The minimum Gasteiger partial charge on any atom is -0.376 e. The van der Waals surface area contributed by atoms with E-state index in [0.717, 1.165) is 25.0 Å². The second kappa shape index (κ2) is 6.10. The monoisotopic (exact) mass is 286 g/mol. The molecule has 2 heterocycles. The van der Waals surface area contributed by atoms with Gasteiger partial charge in [-0.15, -0.1) is 0 Å². The summed E-state index contributed by atoms with van der Waals surface area (Å²) in [4.78, 5) is 12.0. The molecule has 110 valence electrons. The largest absolute Gasteiger partial charge is 0.376 e. The lowest BCUT2D eigenvalue weighted by atomic mass is 10.1. The van der Waals surface area contributed by atoms with Gasteiger partial charge in [0.15, 0.2) is 0 Å². The molecule has 5 nitrogen and oxygen atoms in total. The standard InChI is InChI=1S/C16H18N2O3/c1-11-4-6-12(7-5-11)14-9-15(21-18-14)16(19)17-10-13-3-2-8-20-13/h4-7,9,13H,2-3,8,10H2,1H3,(H,17,19). The maximum atomic E-state index is 12.0. The molecule has 1 unspecified atom stereocenters. The molecule has 0 saturated carbocycles. The van der Waals surface area contributed by atoms with Gasteiger partial charge in [0.2, 0.25) is 5.76 Å². The molecule has 1 aromatic carbocycles. The lowest BCUT2D eigenvalue weighted by Gasteiger charge is -2.08. The molecule has 1 atom stereocenters.